The van der Waals surface area contributed by atoms with Crippen LogP contribution >= 0.6 is 11.6 Å². The molecule has 1 aromatic carbocycles. The Bertz CT molecular complexity index is 571. The quantitative estimate of drug-likeness (QED) is 0.931. The molecule has 0 spiro atoms. The van der Waals surface area contributed by atoms with Gasteiger partial charge in [-0.05, 0) is 12.1 Å². The molecule has 4 nitrogen and oxygen atoms in total. The summed E-state index contributed by atoms with van der Waals surface area (Å²) in [6.45, 7) is 0. The largest absolute Gasteiger partial charge is 0.493 e. The monoisotopic (exact) mass is 270 g/mol. The average molecular weight is 271 g/mol. The zero-order chi connectivity index (χ0) is 13.3. The van der Waals surface area contributed by atoms with E-state index >= 15 is 0 Å². The summed E-state index contributed by atoms with van der Waals surface area (Å²) in [5.74, 6) is -0.00156. The van der Waals surface area contributed by atoms with Crippen LogP contribution in [0.15, 0.2) is 24.4 Å². The Labute approximate surface area is 109 Å². The van der Waals surface area contributed by atoms with E-state index in [2.05, 4.69) is 5.10 Å². The normalized spacial score (nSPS) is 12.5. The first-order valence-electron chi connectivity index (χ1n) is 5.23. The number of aromatic nitrogens is 2. The minimum atomic E-state index is -1.03. The highest BCUT2D eigenvalue weighted by Gasteiger charge is 2.22. The molecule has 1 unspecified atom stereocenters. The van der Waals surface area contributed by atoms with E-state index in [0.717, 1.165) is 6.07 Å². The van der Waals surface area contributed by atoms with Crippen molar-refractivity contribution in [3.05, 3.63) is 46.5 Å². The third kappa shape index (κ3) is 2.19. The van der Waals surface area contributed by atoms with Gasteiger partial charge in [-0.15, -0.1) is 0 Å². The molecule has 0 saturated heterocycles. The number of aliphatic hydroxyl groups is 1. The molecule has 18 heavy (non-hydrogen) atoms. The molecule has 0 fully saturated rings. The van der Waals surface area contributed by atoms with Gasteiger partial charge in [-0.1, -0.05) is 17.7 Å². The summed E-state index contributed by atoms with van der Waals surface area (Å²) in [5, 5.41) is 14.5. The Morgan fingerprint density at radius 3 is 2.83 bits per heavy atom. The lowest BCUT2D eigenvalue weighted by Gasteiger charge is -2.14. The van der Waals surface area contributed by atoms with Gasteiger partial charge in [0.2, 0.25) is 0 Å². The fraction of sp³-hybridized carbons (Fsp3) is 0.250. The number of hydrogen-bond donors (Lipinski definition) is 1. The van der Waals surface area contributed by atoms with E-state index in [9.17, 15) is 9.50 Å². The number of aliphatic hydroxyl groups excluding tert-OH is 1. The lowest BCUT2D eigenvalue weighted by Crippen LogP contribution is -2.08. The van der Waals surface area contributed by atoms with Gasteiger partial charge in [0, 0.05) is 17.6 Å². The molecular formula is C12H12ClFN2O2. The van der Waals surface area contributed by atoms with Crippen molar-refractivity contribution >= 4 is 11.6 Å². The van der Waals surface area contributed by atoms with Crippen LogP contribution in [0.1, 0.15) is 17.4 Å². The number of aryl methyl sites for hydroxylation is 1. The lowest BCUT2D eigenvalue weighted by molar-refractivity contribution is 0.204. The van der Waals surface area contributed by atoms with Crippen LogP contribution in [0.5, 0.6) is 5.75 Å². The second kappa shape index (κ2) is 4.96. The smallest absolute Gasteiger partial charge is 0.162 e. The highest BCUT2D eigenvalue weighted by Crippen LogP contribution is 2.33. The van der Waals surface area contributed by atoms with Crippen molar-refractivity contribution in [2.45, 2.75) is 6.10 Å². The first kappa shape index (κ1) is 12.9. The molecular weight excluding hydrogens is 259 g/mol. The number of nitrogens with zero attached hydrogens (tertiary/aromatic N) is 2. The maximum Gasteiger partial charge on any atom is 0.162 e. The molecule has 0 amide bonds. The predicted octanol–water partition coefficient (Wildman–Crippen LogP) is 2.30. The number of ether oxygens (including phenoxy) is 1. The fourth-order valence-electron chi connectivity index (χ4n) is 1.77. The van der Waals surface area contributed by atoms with Crippen molar-refractivity contribution in [3.63, 3.8) is 0 Å². The molecule has 96 valence electrons. The zero-order valence-corrected chi connectivity index (χ0v) is 10.6. The van der Waals surface area contributed by atoms with E-state index in [4.69, 9.17) is 16.3 Å². The van der Waals surface area contributed by atoms with E-state index in [1.165, 1.54) is 30.1 Å². The Hall–Kier alpha value is -1.59. The SMILES string of the molecule is COc1cnn(C)c1C(O)c1ccc(F)cc1Cl. The van der Waals surface area contributed by atoms with Gasteiger partial charge in [-0.25, -0.2) is 4.39 Å². The number of rotatable bonds is 3. The maximum absolute atomic E-state index is 13.0. The molecule has 1 atom stereocenters. The molecule has 1 aromatic heterocycles. The van der Waals surface area contributed by atoms with Crippen LogP contribution in [-0.2, 0) is 7.05 Å². The Balaban J connectivity index is 2.47. The summed E-state index contributed by atoms with van der Waals surface area (Å²) in [6, 6.07) is 3.84. The van der Waals surface area contributed by atoms with Crippen LogP contribution in [0.3, 0.4) is 0 Å². The van der Waals surface area contributed by atoms with Crippen molar-refractivity contribution < 1.29 is 14.2 Å². The Morgan fingerprint density at radius 2 is 2.22 bits per heavy atom. The van der Waals surface area contributed by atoms with Gasteiger partial charge in [-0.2, -0.15) is 5.10 Å². The highest BCUT2D eigenvalue weighted by atomic mass is 35.5. The first-order valence-corrected chi connectivity index (χ1v) is 5.61. The van der Waals surface area contributed by atoms with E-state index in [1.54, 1.807) is 7.05 Å². The maximum atomic E-state index is 13.0. The van der Waals surface area contributed by atoms with Gasteiger partial charge in [0.05, 0.1) is 13.3 Å². The molecule has 0 aliphatic carbocycles. The number of halogens is 2. The van der Waals surface area contributed by atoms with Crippen molar-refractivity contribution in [3.8, 4) is 5.75 Å². The molecule has 0 radical (unpaired) electrons. The Kier molecular flexibility index (Phi) is 3.54. The van der Waals surface area contributed by atoms with Crippen LogP contribution in [0.4, 0.5) is 4.39 Å². The molecule has 6 heteroatoms. The standard InChI is InChI=1S/C12H12ClFN2O2/c1-16-11(10(18-2)6-15-16)12(17)8-4-3-7(14)5-9(8)13/h3-6,12,17H,1-2H3. The summed E-state index contributed by atoms with van der Waals surface area (Å²) >= 11 is 5.92. The van der Waals surface area contributed by atoms with Crippen LogP contribution in [0.2, 0.25) is 5.02 Å². The van der Waals surface area contributed by atoms with E-state index in [-0.39, 0.29) is 5.02 Å². The number of methoxy groups -OCH3 is 1. The van der Waals surface area contributed by atoms with Gasteiger partial charge >= 0.3 is 0 Å². The van der Waals surface area contributed by atoms with Gasteiger partial charge in [0.15, 0.2) is 5.75 Å². The van der Waals surface area contributed by atoms with E-state index in [1.807, 2.05) is 0 Å². The fourth-order valence-corrected chi connectivity index (χ4v) is 2.04. The minimum Gasteiger partial charge on any atom is -0.493 e. The molecule has 1 heterocycles. The van der Waals surface area contributed by atoms with Gasteiger partial charge < -0.3 is 9.84 Å². The van der Waals surface area contributed by atoms with Crippen LogP contribution in [0.25, 0.3) is 0 Å². The number of benzene rings is 1. The van der Waals surface area contributed by atoms with Crippen molar-refractivity contribution in [2.24, 2.45) is 7.05 Å². The topological polar surface area (TPSA) is 47.3 Å². The zero-order valence-electron chi connectivity index (χ0n) is 9.89. The number of hydrogen-bond acceptors (Lipinski definition) is 3. The predicted molar refractivity (Wildman–Crippen MR) is 65.2 cm³/mol. The third-order valence-electron chi connectivity index (χ3n) is 2.69. The van der Waals surface area contributed by atoms with Gasteiger partial charge in [-0.3, -0.25) is 4.68 Å². The third-order valence-corrected chi connectivity index (χ3v) is 3.01. The molecule has 2 rings (SSSR count). The van der Waals surface area contributed by atoms with E-state index in [0.29, 0.717) is 17.0 Å². The average Bonchev–Trinajstić information content (AvgIpc) is 2.69. The molecule has 2 aromatic rings. The first-order chi connectivity index (χ1) is 8.54. The second-order valence-corrected chi connectivity index (χ2v) is 4.20. The summed E-state index contributed by atoms with van der Waals surface area (Å²) < 4.78 is 19.6. The minimum absolute atomic E-state index is 0.158. The highest BCUT2D eigenvalue weighted by molar-refractivity contribution is 6.31. The molecule has 0 saturated carbocycles. The van der Waals surface area contributed by atoms with Gasteiger partial charge in [0.25, 0.3) is 0 Å². The van der Waals surface area contributed by atoms with Crippen LogP contribution in [-0.4, -0.2) is 22.0 Å². The molecule has 1 N–H and O–H groups in total. The molecule has 0 bridgehead atoms. The summed E-state index contributed by atoms with van der Waals surface area (Å²) in [6.07, 6.45) is 0.469. The van der Waals surface area contributed by atoms with Crippen LogP contribution in [0, 0.1) is 5.82 Å². The molecule has 0 aliphatic rings. The van der Waals surface area contributed by atoms with Crippen LogP contribution < -0.4 is 4.74 Å². The summed E-state index contributed by atoms with van der Waals surface area (Å²) in [4.78, 5) is 0. The summed E-state index contributed by atoms with van der Waals surface area (Å²) in [7, 11) is 3.16. The summed E-state index contributed by atoms with van der Waals surface area (Å²) in [5.41, 5.74) is 0.867. The molecule has 0 aliphatic heterocycles. The van der Waals surface area contributed by atoms with Crippen molar-refractivity contribution in [2.75, 3.05) is 7.11 Å². The lowest BCUT2D eigenvalue weighted by atomic mass is 10.1. The Morgan fingerprint density at radius 1 is 1.50 bits per heavy atom. The van der Waals surface area contributed by atoms with Gasteiger partial charge in [0.1, 0.15) is 17.6 Å². The van der Waals surface area contributed by atoms with Crippen molar-refractivity contribution in [1.82, 2.24) is 9.78 Å². The van der Waals surface area contributed by atoms with Crippen molar-refractivity contribution in [1.29, 1.82) is 0 Å². The van der Waals surface area contributed by atoms with E-state index < -0.39 is 11.9 Å². The second-order valence-electron chi connectivity index (χ2n) is 3.79.